The van der Waals surface area contributed by atoms with Gasteiger partial charge in [0.2, 0.25) is 5.91 Å². The number of benzene rings is 1. The molecule has 1 N–H and O–H groups in total. The summed E-state index contributed by atoms with van der Waals surface area (Å²) in [5, 5.41) is 3.66. The fourth-order valence-corrected chi connectivity index (χ4v) is 3.40. The molecule has 0 aliphatic carbocycles. The summed E-state index contributed by atoms with van der Waals surface area (Å²) in [5.41, 5.74) is 0.451. The topological polar surface area (TPSA) is 61.9 Å². The maximum absolute atomic E-state index is 12.7. The van der Waals surface area contributed by atoms with Crippen molar-refractivity contribution >= 4 is 23.6 Å². The lowest BCUT2D eigenvalue weighted by molar-refractivity contribution is -0.125. The van der Waals surface area contributed by atoms with E-state index in [9.17, 15) is 9.59 Å². The van der Waals surface area contributed by atoms with Gasteiger partial charge in [-0.2, -0.15) is 0 Å². The first-order valence-corrected chi connectivity index (χ1v) is 9.65. The van der Waals surface area contributed by atoms with E-state index in [1.165, 1.54) is 4.90 Å². The monoisotopic (exact) mass is 395 g/mol. The average molecular weight is 396 g/mol. The van der Waals surface area contributed by atoms with Crippen molar-refractivity contribution in [2.24, 2.45) is 0 Å². The molecule has 1 aliphatic rings. The summed E-state index contributed by atoms with van der Waals surface area (Å²) < 4.78 is 5.43. The van der Waals surface area contributed by atoms with Crippen LogP contribution in [-0.4, -0.2) is 60.6 Å². The molecule has 7 heteroatoms. The molecule has 6 nitrogen and oxygen atoms in total. The zero-order valence-electron chi connectivity index (χ0n) is 16.8. The highest BCUT2D eigenvalue weighted by Gasteiger charge is 2.36. The zero-order chi connectivity index (χ0) is 20.2. The molecule has 0 saturated carbocycles. The number of likely N-dealkylation sites (tertiary alicyclic amines) is 1. The van der Waals surface area contributed by atoms with Gasteiger partial charge in [-0.15, -0.1) is 0 Å². The van der Waals surface area contributed by atoms with Crippen molar-refractivity contribution in [3.63, 3.8) is 0 Å². The van der Waals surface area contributed by atoms with E-state index in [0.717, 1.165) is 12.0 Å². The Morgan fingerprint density at radius 1 is 1.37 bits per heavy atom. The molecular weight excluding hydrogens is 366 g/mol. The van der Waals surface area contributed by atoms with Crippen molar-refractivity contribution in [3.05, 3.63) is 34.9 Å². The van der Waals surface area contributed by atoms with Crippen LogP contribution in [0.5, 0.6) is 0 Å². The number of halogens is 1. The van der Waals surface area contributed by atoms with Crippen molar-refractivity contribution in [1.29, 1.82) is 0 Å². The summed E-state index contributed by atoms with van der Waals surface area (Å²) in [7, 11) is 3.92. The maximum atomic E-state index is 12.7. The average Bonchev–Trinajstić information content (AvgIpc) is 3.03. The molecule has 2 atom stereocenters. The van der Waals surface area contributed by atoms with E-state index in [-0.39, 0.29) is 11.9 Å². The number of rotatable bonds is 5. The highest BCUT2D eigenvalue weighted by atomic mass is 35.5. The minimum atomic E-state index is -0.580. The Bertz CT molecular complexity index is 673. The molecule has 27 heavy (non-hydrogen) atoms. The van der Waals surface area contributed by atoms with Gasteiger partial charge in [-0.3, -0.25) is 9.69 Å². The van der Waals surface area contributed by atoms with Crippen LogP contribution in [0.3, 0.4) is 0 Å². The van der Waals surface area contributed by atoms with Crippen LogP contribution in [-0.2, 0) is 9.53 Å². The van der Waals surface area contributed by atoms with Gasteiger partial charge >= 0.3 is 6.09 Å². The number of nitrogens with one attached hydrogen (secondary N) is 1. The Balaban J connectivity index is 2.01. The predicted octanol–water partition coefficient (Wildman–Crippen LogP) is 3.46. The van der Waals surface area contributed by atoms with Crippen molar-refractivity contribution in [2.75, 3.05) is 27.2 Å². The second-order valence-electron chi connectivity index (χ2n) is 8.11. The predicted molar refractivity (Wildman–Crippen MR) is 107 cm³/mol. The Hall–Kier alpha value is -1.79. The first-order valence-electron chi connectivity index (χ1n) is 9.27. The summed E-state index contributed by atoms with van der Waals surface area (Å²) in [6.45, 7) is 6.44. The molecule has 0 radical (unpaired) electrons. The van der Waals surface area contributed by atoms with Gasteiger partial charge < -0.3 is 15.0 Å². The summed E-state index contributed by atoms with van der Waals surface area (Å²) in [5.74, 6) is -0.146. The summed E-state index contributed by atoms with van der Waals surface area (Å²) in [4.78, 5) is 28.7. The lowest BCUT2D eigenvalue weighted by Crippen LogP contribution is -2.48. The highest BCUT2D eigenvalue weighted by molar-refractivity contribution is 6.30. The number of amides is 2. The van der Waals surface area contributed by atoms with Crippen LogP contribution >= 0.6 is 11.6 Å². The van der Waals surface area contributed by atoms with Gasteiger partial charge in [0, 0.05) is 18.1 Å². The van der Waals surface area contributed by atoms with E-state index in [4.69, 9.17) is 16.3 Å². The van der Waals surface area contributed by atoms with Crippen LogP contribution in [0.25, 0.3) is 0 Å². The van der Waals surface area contributed by atoms with Crippen LogP contribution < -0.4 is 5.32 Å². The van der Waals surface area contributed by atoms with E-state index in [1.54, 1.807) is 0 Å². The van der Waals surface area contributed by atoms with E-state index < -0.39 is 17.7 Å². The quantitative estimate of drug-likeness (QED) is 0.829. The molecule has 2 unspecified atom stereocenters. The highest BCUT2D eigenvalue weighted by Crippen LogP contribution is 2.23. The normalized spacial score (nSPS) is 18.5. The SMILES string of the molecule is CN(C)C(CNC(=O)C1CCCN1C(=O)OC(C)(C)C)c1cccc(Cl)c1. The smallest absolute Gasteiger partial charge is 0.410 e. The lowest BCUT2D eigenvalue weighted by Gasteiger charge is -2.29. The summed E-state index contributed by atoms with van der Waals surface area (Å²) >= 11 is 6.10. The van der Waals surface area contributed by atoms with Gasteiger partial charge in [0.25, 0.3) is 0 Å². The number of likely N-dealkylation sites (N-methyl/N-ethyl adjacent to an activating group) is 1. The van der Waals surface area contributed by atoms with Crippen LogP contribution in [0.2, 0.25) is 5.02 Å². The fourth-order valence-electron chi connectivity index (χ4n) is 3.21. The molecule has 1 aliphatic heterocycles. The molecule has 150 valence electrons. The number of ether oxygens (including phenoxy) is 1. The van der Waals surface area contributed by atoms with Gasteiger partial charge in [-0.05, 0) is 65.4 Å². The first kappa shape index (κ1) is 21.5. The first-order chi connectivity index (χ1) is 12.6. The largest absolute Gasteiger partial charge is 0.444 e. The van der Waals surface area contributed by atoms with Crippen LogP contribution in [0.15, 0.2) is 24.3 Å². The van der Waals surface area contributed by atoms with E-state index in [2.05, 4.69) is 5.32 Å². The molecule has 0 aromatic heterocycles. The van der Waals surface area contributed by atoms with Gasteiger partial charge in [0.05, 0.1) is 6.04 Å². The molecular formula is C20H30ClN3O3. The Morgan fingerprint density at radius 2 is 2.07 bits per heavy atom. The minimum absolute atomic E-state index is 0.0102. The van der Waals surface area contributed by atoms with Crippen molar-refractivity contribution in [1.82, 2.24) is 15.1 Å². The second kappa shape index (κ2) is 8.93. The number of hydrogen-bond acceptors (Lipinski definition) is 4. The maximum Gasteiger partial charge on any atom is 0.410 e. The standard InChI is InChI=1S/C20H30ClN3O3/c1-20(2,3)27-19(26)24-11-7-10-16(24)18(25)22-13-17(23(4)5)14-8-6-9-15(21)12-14/h6,8-9,12,16-17H,7,10-11,13H2,1-5H3,(H,22,25). The number of hydrogen-bond donors (Lipinski definition) is 1. The molecule has 1 aromatic rings. The van der Waals surface area contributed by atoms with Crippen molar-refractivity contribution in [3.8, 4) is 0 Å². The Morgan fingerprint density at radius 3 is 2.67 bits per heavy atom. The van der Waals surface area contributed by atoms with E-state index in [1.807, 2.05) is 64.0 Å². The third-order valence-corrected chi connectivity index (χ3v) is 4.74. The van der Waals surface area contributed by atoms with Gasteiger partial charge in [0.1, 0.15) is 11.6 Å². The molecule has 1 fully saturated rings. The van der Waals surface area contributed by atoms with Crippen LogP contribution in [0.4, 0.5) is 4.79 Å². The minimum Gasteiger partial charge on any atom is -0.444 e. The fraction of sp³-hybridized carbons (Fsp3) is 0.600. The molecule has 2 amide bonds. The third kappa shape index (κ3) is 6.11. The van der Waals surface area contributed by atoms with Gasteiger partial charge in [-0.1, -0.05) is 23.7 Å². The number of carbonyl (C=O) groups excluding carboxylic acids is 2. The Kier molecular flexibility index (Phi) is 7.12. The molecule has 0 spiro atoms. The summed E-state index contributed by atoms with van der Waals surface area (Å²) in [6.07, 6.45) is 1.01. The van der Waals surface area contributed by atoms with Crippen LogP contribution in [0.1, 0.15) is 45.2 Å². The van der Waals surface area contributed by atoms with E-state index in [0.29, 0.717) is 24.5 Å². The van der Waals surface area contributed by atoms with Gasteiger partial charge in [0.15, 0.2) is 0 Å². The number of carbonyl (C=O) groups is 2. The second-order valence-corrected chi connectivity index (χ2v) is 8.55. The van der Waals surface area contributed by atoms with E-state index >= 15 is 0 Å². The number of nitrogens with zero attached hydrogens (tertiary/aromatic N) is 2. The molecule has 1 heterocycles. The lowest BCUT2D eigenvalue weighted by atomic mass is 10.1. The zero-order valence-corrected chi connectivity index (χ0v) is 17.5. The molecule has 1 aromatic carbocycles. The summed E-state index contributed by atoms with van der Waals surface area (Å²) in [6, 6.07) is 7.13. The molecule has 0 bridgehead atoms. The van der Waals surface area contributed by atoms with Crippen molar-refractivity contribution in [2.45, 2.75) is 51.3 Å². The Labute approximate surface area is 166 Å². The van der Waals surface area contributed by atoms with Crippen molar-refractivity contribution < 1.29 is 14.3 Å². The molecule has 2 rings (SSSR count). The third-order valence-electron chi connectivity index (χ3n) is 4.51. The van der Waals surface area contributed by atoms with Gasteiger partial charge in [-0.25, -0.2) is 4.79 Å². The molecule has 1 saturated heterocycles. The van der Waals surface area contributed by atoms with Crippen LogP contribution in [0, 0.1) is 0 Å².